The molecular formula is C32H35FN2O3. The molecule has 0 unspecified atom stereocenters. The first-order valence-corrected chi connectivity index (χ1v) is 13.0. The number of nitrogens with one attached hydrogen (secondary N) is 1. The van der Waals surface area contributed by atoms with E-state index in [9.17, 15) is 14.0 Å². The topological polar surface area (TPSA) is 60.3 Å². The van der Waals surface area contributed by atoms with Gasteiger partial charge in [0.25, 0.3) is 5.91 Å². The van der Waals surface area contributed by atoms with Gasteiger partial charge in [0.1, 0.15) is 11.6 Å². The van der Waals surface area contributed by atoms with Gasteiger partial charge in [0.15, 0.2) is 12.4 Å². The predicted molar refractivity (Wildman–Crippen MR) is 149 cm³/mol. The van der Waals surface area contributed by atoms with Crippen LogP contribution in [0, 0.1) is 19.7 Å². The number of ether oxygens (including phenoxy) is 1. The van der Waals surface area contributed by atoms with E-state index < -0.39 is 6.10 Å². The zero-order chi connectivity index (χ0) is 27.6. The zero-order valence-electron chi connectivity index (χ0n) is 22.8. The molecule has 0 aliphatic carbocycles. The van der Waals surface area contributed by atoms with Crippen LogP contribution in [0.1, 0.15) is 78.0 Å². The molecule has 4 aromatic rings. The van der Waals surface area contributed by atoms with Crippen molar-refractivity contribution in [3.05, 3.63) is 100.0 Å². The highest BCUT2D eigenvalue weighted by atomic mass is 19.1. The van der Waals surface area contributed by atoms with Gasteiger partial charge in [0, 0.05) is 27.7 Å². The Bertz CT molecular complexity index is 1490. The average molecular weight is 515 g/mol. The van der Waals surface area contributed by atoms with Crippen molar-refractivity contribution in [3.8, 4) is 5.75 Å². The maximum Gasteiger partial charge on any atom is 0.251 e. The summed E-state index contributed by atoms with van der Waals surface area (Å²) < 4.78 is 22.3. The number of amides is 1. The molecule has 0 radical (unpaired) electrons. The standard InChI is InChI=1S/C32H35FN2O3/c1-19(2)24-8-7-9-25(14-24)22(5)34-32(37)26-10-13-31-29(16-26)21(4)23(6)35(31)17-27-15-28(11-12-30(27)33)38-20(3)18-36/h7-16,18-20,22H,17H2,1-6H3,(H,34,37)/t20-,22-/m0/s1. The molecule has 0 saturated carbocycles. The highest BCUT2D eigenvalue weighted by Gasteiger charge is 2.18. The Balaban J connectivity index is 1.59. The summed E-state index contributed by atoms with van der Waals surface area (Å²) in [4.78, 5) is 24.1. The summed E-state index contributed by atoms with van der Waals surface area (Å²) in [6.45, 7) is 12.2. The maximum absolute atomic E-state index is 14.7. The predicted octanol–water partition coefficient (Wildman–Crippen LogP) is 7.03. The Morgan fingerprint density at radius 2 is 1.74 bits per heavy atom. The molecule has 0 aliphatic heterocycles. The second kappa shape index (κ2) is 11.2. The van der Waals surface area contributed by atoms with Gasteiger partial charge in [-0.05, 0) is 86.7 Å². The molecule has 198 valence electrons. The van der Waals surface area contributed by atoms with Gasteiger partial charge in [0.2, 0.25) is 0 Å². The number of hydrogen-bond acceptors (Lipinski definition) is 3. The number of carbonyl (C=O) groups is 2. The fourth-order valence-electron chi connectivity index (χ4n) is 4.70. The molecule has 0 saturated heterocycles. The van der Waals surface area contributed by atoms with Crippen LogP contribution in [-0.4, -0.2) is 22.9 Å². The van der Waals surface area contributed by atoms with Crippen molar-refractivity contribution in [1.29, 1.82) is 0 Å². The Morgan fingerprint density at radius 1 is 1.00 bits per heavy atom. The summed E-state index contributed by atoms with van der Waals surface area (Å²) in [6.07, 6.45) is 0.0869. The number of aromatic nitrogens is 1. The van der Waals surface area contributed by atoms with Crippen molar-refractivity contribution in [2.45, 2.75) is 66.2 Å². The van der Waals surface area contributed by atoms with Gasteiger partial charge >= 0.3 is 0 Å². The van der Waals surface area contributed by atoms with Crippen LogP contribution in [0.4, 0.5) is 4.39 Å². The number of fused-ring (bicyclic) bond motifs is 1. The van der Waals surface area contributed by atoms with Crippen LogP contribution in [0.3, 0.4) is 0 Å². The quantitative estimate of drug-likeness (QED) is 0.244. The Kier molecular flexibility index (Phi) is 8.00. The molecule has 4 rings (SSSR count). The number of carbonyl (C=O) groups excluding carboxylic acids is 2. The van der Waals surface area contributed by atoms with Crippen molar-refractivity contribution < 1.29 is 18.7 Å². The maximum atomic E-state index is 14.7. The smallest absolute Gasteiger partial charge is 0.251 e. The van der Waals surface area contributed by atoms with Crippen LogP contribution in [-0.2, 0) is 11.3 Å². The first-order valence-electron chi connectivity index (χ1n) is 13.0. The second-order valence-electron chi connectivity index (χ2n) is 10.3. The van der Waals surface area contributed by atoms with Crippen molar-refractivity contribution in [2.24, 2.45) is 0 Å². The number of benzene rings is 3. The average Bonchev–Trinajstić information content (AvgIpc) is 3.14. The SMILES string of the molecule is Cc1c(C)n(Cc2cc(O[C@@H](C)C=O)ccc2F)c2ccc(C(=O)N[C@@H](C)c3cccc(C(C)C)c3)cc12. The molecular weight excluding hydrogens is 479 g/mol. The molecule has 1 aromatic heterocycles. The molecule has 5 nitrogen and oxygen atoms in total. The Morgan fingerprint density at radius 3 is 2.45 bits per heavy atom. The molecule has 1 amide bonds. The van der Waals surface area contributed by atoms with Crippen LogP contribution in [0.25, 0.3) is 10.9 Å². The molecule has 38 heavy (non-hydrogen) atoms. The van der Waals surface area contributed by atoms with E-state index in [1.165, 1.54) is 17.7 Å². The number of rotatable bonds is 9. The van der Waals surface area contributed by atoms with Gasteiger partial charge in [-0.25, -0.2) is 4.39 Å². The lowest BCUT2D eigenvalue weighted by molar-refractivity contribution is -0.113. The van der Waals surface area contributed by atoms with Crippen LogP contribution >= 0.6 is 0 Å². The lowest BCUT2D eigenvalue weighted by atomic mass is 9.98. The van der Waals surface area contributed by atoms with E-state index in [1.54, 1.807) is 13.0 Å². The molecule has 6 heteroatoms. The van der Waals surface area contributed by atoms with Crippen molar-refractivity contribution in [2.75, 3.05) is 0 Å². The first-order chi connectivity index (χ1) is 18.1. The van der Waals surface area contributed by atoms with Gasteiger partial charge in [0.05, 0.1) is 12.6 Å². The second-order valence-corrected chi connectivity index (χ2v) is 10.3. The van der Waals surface area contributed by atoms with Crippen LogP contribution < -0.4 is 10.1 Å². The van der Waals surface area contributed by atoms with Gasteiger partial charge in [-0.1, -0.05) is 38.1 Å². The Hall–Kier alpha value is -3.93. The summed E-state index contributed by atoms with van der Waals surface area (Å²) in [5, 5.41) is 4.07. The van der Waals surface area contributed by atoms with E-state index in [2.05, 4.69) is 31.3 Å². The summed E-state index contributed by atoms with van der Waals surface area (Å²) in [6, 6.07) is 18.3. The minimum atomic E-state index is -0.615. The zero-order valence-corrected chi connectivity index (χ0v) is 22.8. The molecule has 0 fully saturated rings. The summed E-state index contributed by atoms with van der Waals surface area (Å²) in [5.74, 6) is 0.374. The fraction of sp³-hybridized carbons (Fsp3) is 0.312. The molecule has 1 heterocycles. The number of halogens is 1. The monoisotopic (exact) mass is 514 g/mol. The highest BCUT2D eigenvalue weighted by molar-refractivity contribution is 5.99. The number of hydrogen-bond donors (Lipinski definition) is 1. The van der Waals surface area contributed by atoms with Gasteiger partial charge in [-0.2, -0.15) is 0 Å². The summed E-state index contributed by atoms with van der Waals surface area (Å²) in [7, 11) is 0. The van der Waals surface area contributed by atoms with Gasteiger partial charge < -0.3 is 14.6 Å². The third-order valence-corrected chi connectivity index (χ3v) is 7.19. The molecule has 0 aliphatic rings. The van der Waals surface area contributed by atoms with Crippen molar-refractivity contribution in [3.63, 3.8) is 0 Å². The summed E-state index contributed by atoms with van der Waals surface area (Å²) >= 11 is 0. The minimum absolute atomic E-state index is 0.135. The third-order valence-electron chi connectivity index (χ3n) is 7.19. The van der Waals surface area contributed by atoms with Crippen LogP contribution in [0.5, 0.6) is 5.75 Å². The van der Waals surface area contributed by atoms with E-state index in [-0.39, 0.29) is 17.8 Å². The third kappa shape index (κ3) is 5.64. The van der Waals surface area contributed by atoms with E-state index in [1.807, 2.05) is 55.7 Å². The van der Waals surface area contributed by atoms with E-state index in [0.717, 1.165) is 27.7 Å². The number of aryl methyl sites for hydroxylation is 1. The fourth-order valence-corrected chi connectivity index (χ4v) is 4.70. The van der Waals surface area contributed by atoms with Gasteiger partial charge in [-0.3, -0.25) is 9.59 Å². The molecule has 0 bridgehead atoms. The molecule has 3 aromatic carbocycles. The lowest BCUT2D eigenvalue weighted by Crippen LogP contribution is -2.26. The van der Waals surface area contributed by atoms with E-state index in [4.69, 9.17) is 4.74 Å². The van der Waals surface area contributed by atoms with Crippen LogP contribution in [0.15, 0.2) is 60.7 Å². The molecule has 2 atom stereocenters. The number of aldehydes is 1. The lowest BCUT2D eigenvalue weighted by Gasteiger charge is -2.17. The van der Waals surface area contributed by atoms with Crippen molar-refractivity contribution >= 4 is 23.1 Å². The van der Waals surface area contributed by atoms with E-state index in [0.29, 0.717) is 35.6 Å². The summed E-state index contributed by atoms with van der Waals surface area (Å²) in [5.41, 5.74) is 6.29. The highest BCUT2D eigenvalue weighted by Crippen LogP contribution is 2.29. The minimum Gasteiger partial charge on any atom is -0.483 e. The number of nitrogens with zero attached hydrogens (tertiary/aromatic N) is 1. The van der Waals surface area contributed by atoms with E-state index >= 15 is 0 Å². The normalized spacial score (nSPS) is 12.9. The Labute approximate surface area is 223 Å². The van der Waals surface area contributed by atoms with Gasteiger partial charge in [-0.15, -0.1) is 0 Å². The van der Waals surface area contributed by atoms with Crippen LogP contribution in [0.2, 0.25) is 0 Å². The molecule has 1 N–H and O–H groups in total. The first kappa shape index (κ1) is 27.1. The largest absolute Gasteiger partial charge is 0.483 e. The van der Waals surface area contributed by atoms with Crippen molar-refractivity contribution in [1.82, 2.24) is 9.88 Å². The molecule has 0 spiro atoms.